The first-order chi connectivity index (χ1) is 13.5. The van der Waals surface area contributed by atoms with E-state index >= 15 is 0 Å². The molecule has 6 heteroatoms. The number of anilines is 1. The predicted octanol–water partition coefficient (Wildman–Crippen LogP) is 3.51. The number of nitrogens with one attached hydrogen (secondary N) is 1. The Hall–Kier alpha value is -3.12. The number of benzene rings is 3. The maximum absolute atomic E-state index is 13.1. The van der Waals surface area contributed by atoms with Crippen LogP contribution in [0, 0.1) is 6.92 Å². The van der Waals surface area contributed by atoms with E-state index in [4.69, 9.17) is 0 Å². The molecule has 0 fully saturated rings. The summed E-state index contributed by atoms with van der Waals surface area (Å²) in [7, 11) is -3.87. The lowest BCUT2D eigenvalue weighted by Crippen LogP contribution is -2.40. The third-order valence-corrected chi connectivity index (χ3v) is 6.02. The number of para-hydroxylation sites is 1. The highest BCUT2D eigenvalue weighted by Gasteiger charge is 2.26. The summed E-state index contributed by atoms with van der Waals surface area (Å²) in [6.07, 6.45) is 0. The molecule has 3 aromatic rings. The molecule has 3 aromatic carbocycles. The largest absolute Gasteiger partial charge is 0.350 e. The van der Waals surface area contributed by atoms with Gasteiger partial charge in [0.05, 0.1) is 10.6 Å². The van der Waals surface area contributed by atoms with E-state index in [1.165, 1.54) is 12.1 Å². The molecule has 0 atom stereocenters. The lowest BCUT2D eigenvalue weighted by atomic mass is 10.1. The van der Waals surface area contributed by atoms with Crippen molar-refractivity contribution in [2.45, 2.75) is 18.4 Å². The van der Waals surface area contributed by atoms with Crippen molar-refractivity contribution in [2.24, 2.45) is 0 Å². The molecule has 1 N–H and O–H groups in total. The second-order valence-electron chi connectivity index (χ2n) is 6.43. The fourth-order valence-corrected chi connectivity index (χ4v) is 4.28. The molecule has 0 aliphatic heterocycles. The molecule has 0 aliphatic rings. The van der Waals surface area contributed by atoms with Crippen molar-refractivity contribution in [2.75, 3.05) is 10.8 Å². The summed E-state index contributed by atoms with van der Waals surface area (Å²) in [6.45, 7) is 2.02. The topological polar surface area (TPSA) is 66.5 Å². The van der Waals surface area contributed by atoms with E-state index in [0.717, 1.165) is 15.4 Å². The molecule has 0 radical (unpaired) electrons. The fourth-order valence-electron chi connectivity index (χ4n) is 2.84. The molecule has 28 heavy (non-hydrogen) atoms. The summed E-state index contributed by atoms with van der Waals surface area (Å²) in [5.74, 6) is -0.370. The molecular formula is C22H22N2O3S. The van der Waals surface area contributed by atoms with E-state index in [1.54, 1.807) is 48.5 Å². The maximum Gasteiger partial charge on any atom is 0.264 e. The van der Waals surface area contributed by atoms with Crippen LogP contribution in [0.15, 0.2) is 89.8 Å². The SMILES string of the molecule is Cc1cccc(CNC(=O)CN(c2ccccc2)S(=O)(=O)c2ccccc2)c1. The van der Waals surface area contributed by atoms with Crippen LogP contribution in [0.25, 0.3) is 0 Å². The molecule has 0 bridgehead atoms. The van der Waals surface area contributed by atoms with Gasteiger partial charge in [-0.05, 0) is 36.8 Å². The van der Waals surface area contributed by atoms with E-state index in [9.17, 15) is 13.2 Å². The predicted molar refractivity (Wildman–Crippen MR) is 110 cm³/mol. The zero-order chi connectivity index (χ0) is 20.0. The van der Waals surface area contributed by atoms with Crippen molar-refractivity contribution < 1.29 is 13.2 Å². The number of amides is 1. The monoisotopic (exact) mass is 394 g/mol. The highest BCUT2D eigenvalue weighted by atomic mass is 32.2. The second-order valence-corrected chi connectivity index (χ2v) is 8.29. The number of nitrogens with zero attached hydrogens (tertiary/aromatic N) is 1. The lowest BCUT2D eigenvalue weighted by molar-refractivity contribution is -0.119. The van der Waals surface area contributed by atoms with Crippen LogP contribution in [-0.4, -0.2) is 20.9 Å². The minimum atomic E-state index is -3.87. The van der Waals surface area contributed by atoms with Crippen LogP contribution in [0.4, 0.5) is 5.69 Å². The van der Waals surface area contributed by atoms with Crippen molar-refractivity contribution in [1.29, 1.82) is 0 Å². The highest BCUT2D eigenvalue weighted by molar-refractivity contribution is 7.92. The molecule has 1 amide bonds. The smallest absolute Gasteiger partial charge is 0.264 e. The number of aryl methyl sites for hydroxylation is 1. The van der Waals surface area contributed by atoms with E-state index in [0.29, 0.717) is 12.2 Å². The van der Waals surface area contributed by atoms with Crippen molar-refractivity contribution in [3.05, 3.63) is 96.1 Å². The second kappa shape index (κ2) is 8.71. The third-order valence-electron chi connectivity index (χ3n) is 4.23. The van der Waals surface area contributed by atoms with Gasteiger partial charge in [0.15, 0.2) is 0 Å². The van der Waals surface area contributed by atoms with E-state index < -0.39 is 10.0 Å². The first kappa shape index (κ1) is 19.6. The molecule has 0 heterocycles. The highest BCUT2D eigenvalue weighted by Crippen LogP contribution is 2.23. The number of carbonyl (C=O) groups excluding carboxylic acids is 1. The van der Waals surface area contributed by atoms with Crippen LogP contribution < -0.4 is 9.62 Å². The van der Waals surface area contributed by atoms with E-state index in [-0.39, 0.29) is 17.3 Å². The minimum absolute atomic E-state index is 0.144. The molecule has 3 rings (SSSR count). The Morgan fingerprint density at radius 1 is 0.893 bits per heavy atom. The van der Waals surface area contributed by atoms with Gasteiger partial charge in [0, 0.05) is 6.54 Å². The van der Waals surface area contributed by atoms with Gasteiger partial charge in [-0.1, -0.05) is 66.2 Å². The van der Waals surface area contributed by atoms with Crippen LogP contribution in [0.5, 0.6) is 0 Å². The van der Waals surface area contributed by atoms with Gasteiger partial charge in [-0.15, -0.1) is 0 Å². The van der Waals surface area contributed by atoms with Crippen molar-refractivity contribution in [3.63, 3.8) is 0 Å². The number of hydrogen-bond acceptors (Lipinski definition) is 3. The van der Waals surface area contributed by atoms with Crippen LogP contribution in [0.2, 0.25) is 0 Å². The first-order valence-corrected chi connectivity index (χ1v) is 10.4. The summed E-state index contributed by atoms with van der Waals surface area (Å²) in [5.41, 5.74) is 2.51. The molecule has 0 aliphatic carbocycles. The van der Waals surface area contributed by atoms with Crippen LogP contribution >= 0.6 is 0 Å². The first-order valence-electron chi connectivity index (χ1n) is 8.92. The quantitative estimate of drug-likeness (QED) is 0.667. The van der Waals surface area contributed by atoms with Crippen LogP contribution in [0.1, 0.15) is 11.1 Å². The van der Waals surface area contributed by atoms with Crippen LogP contribution in [-0.2, 0) is 21.4 Å². The molecule has 0 saturated heterocycles. The minimum Gasteiger partial charge on any atom is -0.350 e. The lowest BCUT2D eigenvalue weighted by Gasteiger charge is -2.24. The van der Waals surface area contributed by atoms with Gasteiger partial charge in [0.2, 0.25) is 5.91 Å². The van der Waals surface area contributed by atoms with Gasteiger partial charge < -0.3 is 5.32 Å². The molecule has 5 nitrogen and oxygen atoms in total. The molecule has 0 spiro atoms. The molecule has 144 valence electrons. The molecule has 0 aromatic heterocycles. The Bertz CT molecular complexity index is 1040. The van der Waals surface area contributed by atoms with Crippen LogP contribution in [0.3, 0.4) is 0 Å². The van der Waals surface area contributed by atoms with Crippen molar-refractivity contribution >= 4 is 21.6 Å². The summed E-state index contributed by atoms with van der Waals surface area (Å²) < 4.78 is 27.4. The van der Waals surface area contributed by atoms with Gasteiger partial charge >= 0.3 is 0 Å². The van der Waals surface area contributed by atoms with Gasteiger partial charge in [0.1, 0.15) is 6.54 Å². The van der Waals surface area contributed by atoms with Crippen molar-refractivity contribution in [1.82, 2.24) is 5.32 Å². The summed E-state index contributed by atoms with van der Waals surface area (Å²) in [5, 5.41) is 2.80. The Labute approximate surface area is 165 Å². The van der Waals surface area contributed by atoms with Gasteiger partial charge in [-0.2, -0.15) is 0 Å². The van der Waals surface area contributed by atoms with E-state index in [1.807, 2.05) is 31.2 Å². The molecular weight excluding hydrogens is 372 g/mol. The number of carbonyl (C=O) groups is 1. The normalized spacial score (nSPS) is 11.0. The fraction of sp³-hybridized carbons (Fsp3) is 0.136. The number of rotatable bonds is 7. The summed E-state index contributed by atoms with van der Waals surface area (Å²) in [6, 6.07) is 24.6. The summed E-state index contributed by atoms with van der Waals surface area (Å²) >= 11 is 0. The Morgan fingerprint density at radius 2 is 1.54 bits per heavy atom. The van der Waals surface area contributed by atoms with E-state index in [2.05, 4.69) is 5.32 Å². The number of hydrogen-bond donors (Lipinski definition) is 1. The maximum atomic E-state index is 13.1. The van der Waals surface area contributed by atoms with Gasteiger partial charge in [0.25, 0.3) is 10.0 Å². The zero-order valence-electron chi connectivity index (χ0n) is 15.6. The Kier molecular flexibility index (Phi) is 6.11. The number of sulfonamides is 1. The van der Waals surface area contributed by atoms with Gasteiger partial charge in [-0.3, -0.25) is 9.10 Å². The van der Waals surface area contributed by atoms with Gasteiger partial charge in [-0.25, -0.2) is 8.42 Å². The summed E-state index contributed by atoms with van der Waals surface area (Å²) in [4.78, 5) is 12.7. The third kappa shape index (κ3) is 4.78. The standard InChI is InChI=1S/C22H22N2O3S/c1-18-9-8-10-19(15-18)16-23-22(25)17-24(20-11-4-2-5-12-20)28(26,27)21-13-6-3-7-14-21/h2-15H,16-17H2,1H3,(H,23,25). The Balaban J connectivity index is 1.81. The zero-order valence-corrected chi connectivity index (χ0v) is 16.4. The Morgan fingerprint density at radius 3 is 2.18 bits per heavy atom. The average molecular weight is 394 g/mol. The van der Waals surface area contributed by atoms with Crippen molar-refractivity contribution in [3.8, 4) is 0 Å². The molecule has 0 saturated carbocycles. The molecule has 0 unspecified atom stereocenters. The average Bonchev–Trinajstić information content (AvgIpc) is 2.72.